The summed E-state index contributed by atoms with van der Waals surface area (Å²) in [5.41, 5.74) is 3.07. The molecule has 0 unspecified atom stereocenters. The first-order chi connectivity index (χ1) is 13.5. The predicted molar refractivity (Wildman–Crippen MR) is 111 cm³/mol. The number of amides is 1. The van der Waals surface area contributed by atoms with E-state index < -0.39 is 5.97 Å². The maximum atomic E-state index is 12.5. The van der Waals surface area contributed by atoms with Gasteiger partial charge in [0, 0.05) is 12.2 Å². The second kappa shape index (κ2) is 8.67. The quantitative estimate of drug-likeness (QED) is 0.661. The smallest absolute Gasteiger partial charge is 0.337 e. The molecule has 3 aromatic carbocycles. The van der Waals surface area contributed by atoms with Crippen LogP contribution in [0, 0.1) is 6.92 Å². The molecule has 0 heterocycles. The molecule has 0 radical (unpaired) electrons. The van der Waals surface area contributed by atoms with Gasteiger partial charge in [0.15, 0.2) is 0 Å². The first kappa shape index (κ1) is 19.6. The van der Waals surface area contributed by atoms with E-state index in [2.05, 4.69) is 35.6 Å². The van der Waals surface area contributed by atoms with E-state index in [-0.39, 0.29) is 12.5 Å². The average molecular weight is 376 g/mol. The van der Waals surface area contributed by atoms with E-state index in [9.17, 15) is 9.59 Å². The molecule has 0 aliphatic carbocycles. The molecule has 5 heteroatoms. The zero-order valence-corrected chi connectivity index (χ0v) is 16.4. The van der Waals surface area contributed by atoms with Crippen molar-refractivity contribution in [3.63, 3.8) is 0 Å². The Labute approximate surface area is 164 Å². The summed E-state index contributed by atoms with van der Waals surface area (Å²) in [5, 5.41) is 5.28. The molecular weight excluding hydrogens is 352 g/mol. The van der Waals surface area contributed by atoms with Crippen molar-refractivity contribution in [2.45, 2.75) is 13.5 Å². The SMILES string of the molecule is COC(=O)c1ccc(C)c(NC(=O)CN(C)Cc2ccc3ccccc3c2)c1. The highest BCUT2D eigenvalue weighted by Crippen LogP contribution is 2.18. The van der Waals surface area contributed by atoms with Crippen LogP contribution in [-0.2, 0) is 16.1 Å². The summed E-state index contributed by atoms with van der Waals surface area (Å²) >= 11 is 0. The molecule has 144 valence electrons. The Morgan fingerprint density at radius 2 is 1.75 bits per heavy atom. The highest BCUT2D eigenvalue weighted by Gasteiger charge is 2.12. The third kappa shape index (κ3) is 4.75. The molecule has 28 heavy (non-hydrogen) atoms. The van der Waals surface area contributed by atoms with E-state index in [0.29, 0.717) is 17.8 Å². The number of carbonyl (C=O) groups excluding carboxylic acids is 2. The lowest BCUT2D eigenvalue weighted by atomic mass is 10.1. The Morgan fingerprint density at radius 3 is 2.50 bits per heavy atom. The van der Waals surface area contributed by atoms with E-state index in [1.54, 1.807) is 18.2 Å². The van der Waals surface area contributed by atoms with Crippen molar-refractivity contribution >= 4 is 28.3 Å². The Morgan fingerprint density at radius 1 is 1.00 bits per heavy atom. The van der Waals surface area contributed by atoms with Gasteiger partial charge in [0.25, 0.3) is 0 Å². The Balaban J connectivity index is 1.63. The van der Waals surface area contributed by atoms with Crippen LogP contribution in [0.2, 0.25) is 0 Å². The number of anilines is 1. The number of hydrogen-bond acceptors (Lipinski definition) is 4. The van der Waals surface area contributed by atoms with Gasteiger partial charge in [-0.2, -0.15) is 0 Å². The van der Waals surface area contributed by atoms with Crippen molar-refractivity contribution in [3.05, 3.63) is 77.4 Å². The van der Waals surface area contributed by atoms with E-state index in [0.717, 1.165) is 11.1 Å². The molecule has 0 aromatic heterocycles. The molecule has 1 amide bonds. The number of ether oxygens (including phenoxy) is 1. The van der Waals surface area contributed by atoms with E-state index in [1.807, 2.05) is 31.0 Å². The fourth-order valence-corrected chi connectivity index (χ4v) is 3.14. The maximum Gasteiger partial charge on any atom is 0.337 e. The summed E-state index contributed by atoms with van der Waals surface area (Å²) < 4.78 is 4.74. The summed E-state index contributed by atoms with van der Waals surface area (Å²) in [6.45, 7) is 2.80. The molecule has 0 bridgehead atoms. The number of aryl methyl sites for hydroxylation is 1. The number of benzene rings is 3. The van der Waals surface area contributed by atoms with Crippen molar-refractivity contribution in [1.82, 2.24) is 4.90 Å². The van der Waals surface area contributed by atoms with Crippen LogP contribution in [0.1, 0.15) is 21.5 Å². The van der Waals surface area contributed by atoms with Gasteiger partial charge >= 0.3 is 5.97 Å². The maximum absolute atomic E-state index is 12.5. The Kier molecular flexibility index (Phi) is 6.06. The highest BCUT2D eigenvalue weighted by atomic mass is 16.5. The third-order valence-electron chi connectivity index (χ3n) is 4.61. The zero-order valence-electron chi connectivity index (χ0n) is 16.4. The second-order valence-corrected chi connectivity index (χ2v) is 6.92. The number of nitrogens with one attached hydrogen (secondary N) is 1. The first-order valence-corrected chi connectivity index (χ1v) is 9.11. The minimum absolute atomic E-state index is 0.131. The molecule has 3 aromatic rings. The van der Waals surface area contributed by atoms with Gasteiger partial charge in [-0.05, 0) is 54.1 Å². The number of methoxy groups -OCH3 is 1. The summed E-state index contributed by atoms with van der Waals surface area (Å²) in [7, 11) is 3.24. The predicted octanol–water partition coefficient (Wildman–Crippen LogP) is 4.01. The second-order valence-electron chi connectivity index (χ2n) is 6.92. The van der Waals surface area contributed by atoms with Crippen molar-refractivity contribution in [2.75, 3.05) is 26.0 Å². The topological polar surface area (TPSA) is 58.6 Å². The van der Waals surface area contributed by atoms with Gasteiger partial charge in [-0.15, -0.1) is 0 Å². The lowest BCUT2D eigenvalue weighted by molar-refractivity contribution is -0.117. The van der Waals surface area contributed by atoms with Gasteiger partial charge in [0.2, 0.25) is 5.91 Å². The molecule has 0 fully saturated rings. The number of carbonyl (C=O) groups is 2. The fraction of sp³-hybridized carbons (Fsp3) is 0.217. The van der Waals surface area contributed by atoms with Crippen molar-refractivity contribution in [1.29, 1.82) is 0 Å². The fourth-order valence-electron chi connectivity index (χ4n) is 3.14. The minimum Gasteiger partial charge on any atom is -0.465 e. The van der Waals surface area contributed by atoms with Crippen LogP contribution in [0.5, 0.6) is 0 Å². The number of esters is 1. The van der Waals surface area contributed by atoms with E-state index >= 15 is 0 Å². The van der Waals surface area contributed by atoms with Crippen LogP contribution >= 0.6 is 0 Å². The van der Waals surface area contributed by atoms with Crippen LogP contribution in [0.3, 0.4) is 0 Å². The summed E-state index contributed by atoms with van der Waals surface area (Å²) in [6.07, 6.45) is 0. The van der Waals surface area contributed by atoms with Gasteiger partial charge in [-0.1, -0.05) is 42.5 Å². The lowest BCUT2D eigenvalue weighted by Gasteiger charge is -2.17. The summed E-state index contributed by atoms with van der Waals surface area (Å²) in [4.78, 5) is 26.1. The van der Waals surface area contributed by atoms with Gasteiger partial charge in [-0.25, -0.2) is 4.79 Å². The third-order valence-corrected chi connectivity index (χ3v) is 4.61. The molecule has 0 saturated carbocycles. The minimum atomic E-state index is -0.427. The molecule has 0 spiro atoms. The highest BCUT2D eigenvalue weighted by molar-refractivity contribution is 5.96. The van der Waals surface area contributed by atoms with Crippen molar-refractivity contribution in [3.8, 4) is 0 Å². The zero-order chi connectivity index (χ0) is 20.1. The molecular formula is C23H24N2O3. The monoisotopic (exact) mass is 376 g/mol. The number of nitrogens with zero attached hydrogens (tertiary/aromatic N) is 1. The van der Waals surface area contributed by atoms with Crippen LogP contribution in [0.15, 0.2) is 60.7 Å². The molecule has 5 nitrogen and oxygen atoms in total. The van der Waals surface area contributed by atoms with Crippen molar-refractivity contribution in [2.24, 2.45) is 0 Å². The Hall–Kier alpha value is -3.18. The van der Waals surface area contributed by atoms with E-state index in [1.165, 1.54) is 17.9 Å². The van der Waals surface area contributed by atoms with Crippen LogP contribution < -0.4 is 5.32 Å². The van der Waals surface area contributed by atoms with Crippen LogP contribution in [-0.4, -0.2) is 37.5 Å². The molecule has 1 N–H and O–H groups in total. The van der Waals surface area contributed by atoms with Gasteiger partial charge < -0.3 is 10.1 Å². The standard InChI is InChI=1S/C23H24N2O3/c1-16-8-10-20(23(27)28-3)13-21(16)24-22(26)15-25(2)14-17-9-11-18-6-4-5-7-19(18)12-17/h4-13H,14-15H2,1-3H3,(H,24,26). The average Bonchev–Trinajstić information content (AvgIpc) is 2.68. The summed E-state index contributed by atoms with van der Waals surface area (Å²) in [6, 6.07) is 19.7. The van der Waals surface area contributed by atoms with Gasteiger partial charge in [0.1, 0.15) is 0 Å². The van der Waals surface area contributed by atoms with Gasteiger partial charge in [-0.3, -0.25) is 9.69 Å². The molecule has 0 aliphatic rings. The van der Waals surface area contributed by atoms with Crippen LogP contribution in [0.4, 0.5) is 5.69 Å². The number of hydrogen-bond donors (Lipinski definition) is 1. The lowest BCUT2D eigenvalue weighted by Crippen LogP contribution is -2.30. The molecule has 0 aliphatic heterocycles. The summed E-state index contributed by atoms with van der Waals surface area (Å²) in [5.74, 6) is -0.558. The number of likely N-dealkylation sites (N-methyl/N-ethyl adjacent to an activating group) is 1. The van der Waals surface area contributed by atoms with Crippen molar-refractivity contribution < 1.29 is 14.3 Å². The largest absolute Gasteiger partial charge is 0.465 e. The normalized spacial score (nSPS) is 10.9. The van der Waals surface area contributed by atoms with Gasteiger partial charge in [0.05, 0.1) is 19.2 Å². The van der Waals surface area contributed by atoms with E-state index in [4.69, 9.17) is 4.74 Å². The molecule has 3 rings (SSSR count). The molecule has 0 atom stereocenters. The Bertz CT molecular complexity index is 1010. The number of fused-ring (bicyclic) bond motifs is 1. The molecule has 0 saturated heterocycles. The first-order valence-electron chi connectivity index (χ1n) is 9.11. The number of rotatable bonds is 6. The van der Waals surface area contributed by atoms with Crippen LogP contribution in [0.25, 0.3) is 10.8 Å².